The van der Waals surface area contributed by atoms with Crippen molar-refractivity contribution in [3.05, 3.63) is 120 Å². The molecule has 0 aromatic heterocycles. The number of nitrogens with zero attached hydrogens (tertiary/aromatic N) is 2. The Kier molecular flexibility index (Phi) is 3.95. The van der Waals surface area contributed by atoms with Gasteiger partial charge in [0.1, 0.15) is 0 Å². The second-order valence-electron chi connectivity index (χ2n) is 7.32. The summed E-state index contributed by atoms with van der Waals surface area (Å²) in [6.07, 6.45) is 1.82. The maximum atomic E-state index is 4.56. The summed E-state index contributed by atoms with van der Waals surface area (Å²) in [5, 5.41) is 3.51. The lowest BCUT2D eigenvalue weighted by atomic mass is 9.89. The average molecular weight is 375 g/mol. The highest BCUT2D eigenvalue weighted by Crippen LogP contribution is 2.45. The van der Waals surface area contributed by atoms with Crippen molar-refractivity contribution in [1.82, 2.24) is 0 Å². The quantitative estimate of drug-likeness (QED) is 0.559. The van der Waals surface area contributed by atoms with Crippen molar-refractivity contribution in [3.63, 3.8) is 0 Å². The lowest BCUT2D eigenvalue weighted by Gasteiger charge is -2.37. The number of nitrogens with one attached hydrogen (secondary N) is 1. The molecule has 0 amide bonds. The molecule has 2 heterocycles. The number of hydrogen-bond acceptors (Lipinski definition) is 3. The first kappa shape index (κ1) is 17.3. The molecular weight excluding hydrogens is 354 g/mol. The maximum Gasteiger partial charge on any atom is 0.0871 e. The molecule has 3 heteroatoms. The number of aliphatic imine (C=N–C) groups is 1. The lowest BCUT2D eigenvalue weighted by molar-refractivity contribution is 1.11. The molecule has 0 atom stereocenters. The predicted octanol–water partition coefficient (Wildman–Crippen LogP) is 6.43. The van der Waals surface area contributed by atoms with E-state index in [4.69, 9.17) is 0 Å². The Morgan fingerprint density at radius 2 is 1.66 bits per heavy atom. The van der Waals surface area contributed by atoms with Crippen molar-refractivity contribution in [3.8, 4) is 0 Å². The predicted molar refractivity (Wildman–Crippen MR) is 123 cm³/mol. The number of allylic oxidation sites excluding steroid dienone is 1. The zero-order chi connectivity index (χ0) is 20.0. The van der Waals surface area contributed by atoms with Crippen LogP contribution in [0.25, 0.3) is 5.57 Å². The average Bonchev–Trinajstić information content (AvgIpc) is 2.74. The summed E-state index contributed by atoms with van der Waals surface area (Å²) in [5.41, 5.74) is 10.3. The molecule has 1 N–H and O–H groups in total. The summed E-state index contributed by atoms with van der Waals surface area (Å²) in [6, 6.07) is 25.1. The largest absolute Gasteiger partial charge is 0.354 e. The van der Waals surface area contributed by atoms with Crippen molar-refractivity contribution in [2.24, 2.45) is 4.99 Å². The van der Waals surface area contributed by atoms with E-state index >= 15 is 0 Å². The van der Waals surface area contributed by atoms with Crippen molar-refractivity contribution in [2.45, 2.75) is 6.92 Å². The van der Waals surface area contributed by atoms with Gasteiger partial charge in [-0.2, -0.15) is 0 Å². The summed E-state index contributed by atoms with van der Waals surface area (Å²) < 4.78 is 0. The normalized spacial score (nSPS) is 15.1. The summed E-state index contributed by atoms with van der Waals surface area (Å²) in [5.74, 6) is 0. The van der Waals surface area contributed by atoms with Crippen LogP contribution < -0.4 is 10.2 Å². The zero-order valence-corrected chi connectivity index (χ0v) is 16.3. The van der Waals surface area contributed by atoms with Crippen LogP contribution in [0.15, 0.2) is 108 Å². The Morgan fingerprint density at radius 3 is 2.48 bits per heavy atom. The highest BCUT2D eigenvalue weighted by molar-refractivity contribution is 6.02. The van der Waals surface area contributed by atoms with Crippen LogP contribution in [0.3, 0.4) is 0 Å². The third-order valence-corrected chi connectivity index (χ3v) is 5.30. The standard InChI is InChI=1S/C26H21N3/c1-17-13-14-22-21(15-17)25(20-9-5-4-6-10-20)26(19(3)28-22)29-18(2)16-27-23-11-7-8-12-24(23)29/h4-16,28H,2-3H2,1H3. The van der Waals surface area contributed by atoms with E-state index in [1.165, 1.54) is 5.56 Å². The molecule has 140 valence electrons. The van der Waals surface area contributed by atoms with Gasteiger partial charge < -0.3 is 10.2 Å². The summed E-state index contributed by atoms with van der Waals surface area (Å²) >= 11 is 0. The summed E-state index contributed by atoms with van der Waals surface area (Å²) in [6.45, 7) is 10.8. The first-order valence-corrected chi connectivity index (χ1v) is 9.62. The molecule has 3 aromatic carbocycles. The third kappa shape index (κ3) is 2.79. The fourth-order valence-electron chi connectivity index (χ4n) is 4.00. The second kappa shape index (κ2) is 6.64. The Hall–Kier alpha value is -3.85. The monoisotopic (exact) mass is 375 g/mol. The second-order valence-corrected chi connectivity index (χ2v) is 7.32. The van der Waals surface area contributed by atoms with E-state index in [-0.39, 0.29) is 0 Å². The molecule has 0 fully saturated rings. The minimum atomic E-state index is 0.811. The Balaban J connectivity index is 1.85. The number of benzene rings is 3. The highest BCUT2D eigenvalue weighted by atomic mass is 15.2. The van der Waals surface area contributed by atoms with Gasteiger partial charge in [-0.3, -0.25) is 4.99 Å². The van der Waals surface area contributed by atoms with Crippen molar-refractivity contribution in [1.29, 1.82) is 0 Å². The van der Waals surface area contributed by atoms with Gasteiger partial charge in [-0.25, -0.2) is 0 Å². The summed E-state index contributed by atoms with van der Waals surface area (Å²) in [7, 11) is 0. The van der Waals surface area contributed by atoms with Crippen LogP contribution in [0, 0.1) is 6.92 Å². The Bertz CT molecular complexity index is 1220. The number of hydrogen-bond donors (Lipinski definition) is 1. The van der Waals surface area contributed by atoms with E-state index < -0.39 is 0 Å². The number of aryl methyl sites for hydroxylation is 1. The third-order valence-electron chi connectivity index (χ3n) is 5.30. The fraction of sp³-hybridized carbons (Fsp3) is 0.0385. The SMILES string of the molecule is C=C1Nc2ccc(C)cc2C(c2ccccc2)=C1N1C(=C)C=Nc2ccccc21. The van der Waals surface area contributed by atoms with Gasteiger partial charge in [0.15, 0.2) is 0 Å². The first-order valence-electron chi connectivity index (χ1n) is 9.62. The smallest absolute Gasteiger partial charge is 0.0871 e. The zero-order valence-electron chi connectivity index (χ0n) is 16.3. The van der Waals surface area contributed by atoms with Gasteiger partial charge in [-0.1, -0.05) is 67.3 Å². The number of fused-ring (bicyclic) bond motifs is 2. The number of anilines is 2. The van der Waals surface area contributed by atoms with E-state index in [9.17, 15) is 0 Å². The van der Waals surface area contributed by atoms with Crippen LogP contribution in [0.4, 0.5) is 17.1 Å². The van der Waals surface area contributed by atoms with Gasteiger partial charge in [-0.15, -0.1) is 0 Å². The van der Waals surface area contributed by atoms with Crippen LogP contribution in [0.1, 0.15) is 16.7 Å². The molecule has 3 nitrogen and oxygen atoms in total. The Morgan fingerprint density at radius 1 is 0.897 bits per heavy atom. The van der Waals surface area contributed by atoms with Crippen molar-refractivity contribution in [2.75, 3.05) is 10.2 Å². The van der Waals surface area contributed by atoms with Gasteiger partial charge in [0, 0.05) is 16.8 Å². The molecule has 2 aliphatic rings. The van der Waals surface area contributed by atoms with Crippen LogP contribution in [-0.4, -0.2) is 6.21 Å². The van der Waals surface area contributed by atoms with Gasteiger partial charge >= 0.3 is 0 Å². The molecule has 0 aliphatic carbocycles. The Labute approximate surface area is 171 Å². The molecule has 0 bridgehead atoms. The maximum absolute atomic E-state index is 4.56. The van der Waals surface area contributed by atoms with E-state index in [1.807, 2.05) is 30.5 Å². The van der Waals surface area contributed by atoms with E-state index in [2.05, 4.69) is 83.8 Å². The van der Waals surface area contributed by atoms with E-state index in [0.29, 0.717) is 0 Å². The minimum absolute atomic E-state index is 0.811. The molecule has 3 aromatic rings. The minimum Gasteiger partial charge on any atom is -0.354 e. The van der Waals surface area contributed by atoms with Crippen molar-refractivity contribution < 1.29 is 0 Å². The van der Waals surface area contributed by atoms with Gasteiger partial charge in [0.05, 0.1) is 34.7 Å². The molecule has 0 spiro atoms. The van der Waals surface area contributed by atoms with Crippen LogP contribution in [0.5, 0.6) is 0 Å². The van der Waals surface area contributed by atoms with Gasteiger partial charge in [0.25, 0.3) is 0 Å². The van der Waals surface area contributed by atoms with E-state index in [0.717, 1.165) is 50.9 Å². The highest BCUT2D eigenvalue weighted by Gasteiger charge is 2.30. The number of rotatable bonds is 2. The number of para-hydroxylation sites is 2. The topological polar surface area (TPSA) is 27.6 Å². The molecule has 29 heavy (non-hydrogen) atoms. The van der Waals surface area contributed by atoms with Crippen LogP contribution in [0.2, 0.25) is 0 Å². The lowest BCUT2D eigenvalue weighted by Crippen LogP contribution is -2.30. The fourth-order valence-corrected chi connectivity index (χ4v) is 4.00. The van der Waals surface area contributed by atoms with E-state index in [1.54, 1.807) is 0 Å². The first-order chi connectivity index (χ1) is 14.1. The van der Waals surface area contributed by atoms with Crippen LogP contribution >= 0.6 is 0 Å². The van der Waals surface area contributed by atoms with Gasteiger partial charge in [0.2, 0.25) is 0 Å². The van der Waals surface area contributed by atoms with Crippen LogP contribution in [-0.2, 0) is 0 Å². The molecule has 0 unspecified atom stereocenters. The molecule has 0 radical (unpaired) electrons. The molecule has 0 saturated heterocycles. The van der Waals surface area contributed by atoms with Crippen molar-refractivity contribution >= 4 is 28.8 Å². The molecular formula is C26H21N3. The van der Waals surface area contributed by atoms with Gasteiger partial charge in [-0.05, 0) is 36.8 Å². The molecule has 2 aliphatic heterocycles. The summed E-state index contributed by atoms with van der Waals surface area (Å²) in [4.78, 5) is 6.72. The molecule has 0 saturated carbocycles. The molecule has 5 rings (SSSR count).